The number of thiazole rings is 1. The quantitative estimate of drug-likeness (QED) is 0.840. The first-order valence-corrected chi connectivity index (χ1v) is 7.84. The standard InChI is InChI=1S/C13H9F3N2OS2/c14-13(15,16)9-3-1-2-8(4-9)5-18-10(19)6-20-11-12(18)21-7-17-11/h1-4,7H,5-6H2. The van der Waals surface area contributed by atoms with Crippen LogP contribution in [0.3, 0.4) is 0 Å². The van der Waals surface area contributed by atoms with Crippen molar-refractivity contribution in [2.45, 2.75) is 17.7 Å². The number of hydrogen-bond donors (Lipinski definition) is 0. The Bertz CT molecular complexity index is 684. The molecule has 0 N–H and O–H groups in total. The van der Waals surface area contributed by atoms with Crippen molar-refractivity contribution in [3.8, 4) is 0 Å². The first-order valence-electron chi connectivity index (χ1n) is 5.98. The van der Waals surface area contributed by atoms with E-state index in [1.54, 1.807) is 11.6 Å². The van der Waals surface area contributed by atoms with E-state index in [9.17, 15) is 18.0 Å². The lowest BCUT2D eigenvalue weighted by Gasteiger charge is -2.25. The van der Waals surface area contributed by atoms with Crippen LogP contribution in [0.4, 0.5) is 18.2 Å². The van der Waals surface area contributed by atoms with Crippen LogP contribution in [0.25, 0.3) is 0 Å². The molecule has 3 rings (SSSR count). The van der Waals surface area contributed by atoms with Crippen molar-refractivity contribution in [3.05, 3.63) is 40.9 Å². The normalized spacial score (nSPS) is 15.2. The molecule has 0 spiro atoms. The van der Waals surface area contributed by atoms with E-state index in [0.717, 1.165) is 17.2 Å². The van der Waals surface area contributed by atoms with Gasteiger partial charge in [0.25, 0.3) is 0 Å². The van der Waals surface area contributed by atoms with Gasteiger partial charge in [0.1, 0.15) is 10.0 Å². The number of rotatable bonds is 2. The highest BCUT2D eigenvalue weighted by Crippen LogP contribution is 2.38. The minimum absolute atomic E-state index is 0.117. The molecule has 1 aliphatic heterocycles. The molecule has 0 bridgehead atoms. The fourth-order valence-corrected chi connectivity index (χ4v) is 3.89. The van der Waals surface area contributed by atoms with E-state index >= 15 is 0 Å². The zero-order valence-electron chi connectivity index (χ0n) is 10.6. The highest BCUT2D eigenvalue weighted by molar-refractivity contribution is 8.00. The Hall–Kier alpha value is -1.54. The number of carbonyl (C=O) groups is 1. The second-order valence-corrected chi connectivity index (χ2v) is 6.23. The number of halogens is 3. The van der Waals surface area contributed by atoms with Crippen molar-refractivity contribution >= 4 is 34.0 Å². The van der Waals surface area contributed by atoms with Crippen molar-refractivity contribution in [1.29, 1.82) is 0 Å². The molecule has 0 fully saturated rings. The number of alkyl halides is 3. The molecular formula is C13H9F3N2OS2. The van der Waals surface area contributed by atoms with Crippen LogP contribution in [0.15, 0.2) is 34.8 Å². The van der Waals surface area contributed by atoms with Gasteiger partial charge in [-0.25, -0.2) is 4.98 Å². The Balaban J connectivity index is 1.89. The summed E-state index contributed by atoms with van der Waals surface area (Å²) in [4.78, 5) is 17.6. The molecule has 21 heavy (non-hydrogen) atoms. The fraction of sp³-hybridized carbons (Fsp3) is 0.231. The van der Waals surface area contributed by atoms with Crippen LogP contribution in [0.2, 0.25) is 0 Å². The van der Waals surface area contributed by atoms with Crippen molar-refractivity contribution in [3.63, 3.8) is 0 Å². The maximum absolute atomic E-state index is 12.7. The minimum Gasteiger partial charge on any atom is -0.296 e. The lowest BCUT2D eigenvalue weighted by molar-refractivity contribution is -0.137. The topological polar surface area (TPSA) is 33.2 Å². The van der Waals surface area contributed by atoms with Gasteiger partial charge in [-0.1, -0.05) is 23.9 Å². The highest BCUT2D eigenvalue weighted by Gasteiger charge is 2.31. The molecule has 1 amide bonds. The number of aromatic nitrogens is 1. The summed E-state index contributed by atoms with van der Waals surface area (Å²) in [6.07, 6.45) is -4.38. The van der Waals surface area contributed by atoms with Crippen LogP contribution < -0.4 is 4.90 Å². The molecule has 110 valence electrons. The summed E-state index contributed by atoms with van der Waals surface area (Å²) in [7, 11) is 0. The lowest BCUT2D eigenvalue weighted by atomic mass is 10.1. The molecule has 0 aliphatic carbocycles. The number of benzene rings is 1. The summed E-state index contributed by atoms with van der Waals surface area (Å²) in [6.45, 7) is 0.124. The van der Waals surface area contributed by atoms with Crippen LogP contribution in [0.1, 0.15) is 11.1 Å². The summed E-state index contributed by atoms with van der Waals surface area (Å²) in [5.74, 6) is 0.143. The number of carbonyl (C=O) groups excluding carboxylic acids is 1. The van der Waals surface area contributed by atoms with Crippen molar-refractivity contribution in [2.24, 2.45) is 0 Å². The Kier molecular flexibility index (Phi) is 3.66. The second kappa shape index (κ2) is 5.34. The van der Waals surface area contributed by atoms with Crippen LogP contribution in [0.5, 0.6) is 0 Å². The molecule has 0 saturated carbocycles. The maximum Gasteiger partial charge on any atom is 0.416 e. The van der Waals surface area contributed by atoms with E-state index in [1.165, 1.54) is 34.1 Å². The maximum atomic E-state index is 12.7. The van der Waals surface area contributed by atoms with Gasteiger partial charge in [-0.05, 0) is 17.7 Å². The van der Waals surface area contributed by atoms with Crippen LogP contribution in [-0.2, 0) is 17.5 Å². The average molecular weight is 330 g/mol. The number of hydrogen-bond acceptors (Lipinski definition) is 4. The third-order valence-corrected chi connectivity index (χ3v) is 4.93. The Morgan fingerprint density at radius 2 is 2.14 bits per heavy atom. The summed E-state index contributed by atoms with van der Waals surface area (Å²) in [5, 5.41) is 1.46. The van der Waals surface area contributed by atoms with Crippen LogP contribution >= 0.6 is 23.1 Å². The summed E-state index contributed by atoms with van der Waals surface area (Å²) in [6, 6.07) is 5.05. The molecule has 8 heteroatoms. The molecule has 0 unspecified atom stereocenters. The van der Waals surface area contributed by atoms with Gasteiger partial charge < -0.3 is 0 Å². The molecule has 3 nitrogen and oxygen atoms in total. The smallest absolute Gasteiger partial charge is 0.296 e. The van der Waals surface area contributed by atoms with Gasteiger partial charge in [-0.3, -0.25) is 9.69 Å². The third-order valence-electron chi connectivity index (χ3n) is 2.99. The van der Waals surface area contributed by atoms with Gasteiger partial charge in [-0.15, -0.1) is 11.3 Å². The summed E-state index contributed by atoms with van der Waals surface area (Å²) >= 11 is 2.67. The molecule has 2 aromatic rings. The third kappa shape index (κ3) is 2.91. The van der Waals surface area contributed by atoms with Gasteiger partial charge >= 0.3 is 6.18 Å². The molecule has 2 heterocycles. The number of anilines is 1. The van der Waals surface area contributed by atoms with Gasteiger partial charge in [0, 0.05) is 0 Å². The van der Waals surface area contributed by atoms with Crippen molar-refractivity contribution in [2.75, 3.05) is 10.7 Å². The SMILES string of the molecule is O=C1CSc2ncsc2N1Cc1cccc(C(F)(F)F)c1. The predicted molar refractivity (Wildman–Crippen MR) is 75.5 cm³/mol. The Labute approximate surface area is 126 Å². The van der Waals surface area contributed by atoms with Crippen molar-refractivity contribution in [1.82, 2.24) is 4.98 Å². The molecule has 1 aliphatic rings. The molecule has 0 atom stereocenters. The largest absolute Gasteiger partial charge is 0.416 e. The molecule has 1 aromatic heterocycles. The van der Waals surface area contributed by atoms with E-state index in [2.05, 4.69) is 4.98 Å². The molecule has 0 saturated heterocycles. The number of amides is 1. The van der Waals surface area contributed by atoms with Crippen molar-refractivity contribution < 1.29 is 18.0 Å². The number of nitrogens with zero attached hydrogens (tertiary/aromatic N) is 2. The van der Waals surface area contributed by atoms with Gasteiger partial charge in [0.15, 0.2) is 0 Å². The van der Waals surface area contributed by atoms with E-state index in [1.807, 2.05) is 0 Å². The first kappa shape index (κ1) is 14.4. The van der Waals surface area contributed by atoms with E-state index < -0.39 is 11.7 Å². The minimum atomic E-state index is -4.38. The second-order valence-electron chi connectivity index (χ2n) is 4.43. The fourth-order valence-electron chi connectivity index (χ4n) is 2.02. The molecule has 0 radical (unpaired) electrons. The van der Waals surface area contributed by atoms with Gasteiger partial charge in [0.2, 0.25) is 5.91 Å². The first-order chi connectivity index (χ1) is 9.95. The van der Waals surface area contributed by atoms with Gasteiger partial charge in [0.05, 0.1) is 23.4 Å². The highest BCUT2D eigenvalue weighted by atomic mass is 32.2. The molecular weight excluding hydrogens is 321 g/mol. The average Bonchev–Trinajstić information content (AvgIpc) is 2.90. The van der Waals surface area contributed by atoms with Crippen LogP contribution in [-0.4, -0.2) is 16.6 Å². The number of thioether (sulfide) groups is 1. The lowest BCUT2D eigenvalue weighted by Crippen LogP contribution is -2.34. The van der Waals surface area contributed by atoms with Crippen LogP contribution in [0, 0.1) is 0 Å². The summed E-state index contributed by atoms with van der Waals surface area (Å²) in [5.41, 5.74) is 1.38. The van der Waals surface area contributed by atoms with E-state index in [4.69, 9.17) is 0 Å². The van der Waals surface area contributed by atoms with E-state index in [-0.39, 0.29) is 18.2 Å². The zero-order chi connectivity index (χ0) is 15.0. The molecule has 1 aromatic carbocycles. The van der Waals surface area contributed by atoms with Gasteiger partial charge in [-0.2, -0.15) is 13.2 Å². The monoisotopic (exact) mass is 330 g/mol. The Morgan fingerprint density at radius 3 is 2.90 bits per heavy atom. The number of fused-ring (bicyclic) bond motifs is 1. The zero-order valence-corrected chi connectivity index (χ0v) is 12.2. The predicted octanol–water partition coefficient (Wildman–Crippen LogP) is 3.80. The van der Waals surface area contributed by atoms with E-state index in [0.29, 0.717) is 10.6 Å². The Morgan fingerprint density at radius 1 is 1.33 bits per heavy atom. The summed E-state index contributed by atoms with van der Waals surface area (Å²) < 4.78 is 38.2.